The summed E-state index contributed by atoms with van der Waals surface area (Å²) in [6, 6.07) is 0. The summed E-state index contributed by atoms with van der Waals surface area (Å²) in [7, 11) is 0. The minimum atomic E-state index is -1.10. The average molecular weight is 254 g/mol. The first-order valence-corrected chi connectivity index (χ1v) is 7.58. The van der Waals surface area contributed by atoms with Crippen molar-refractivity contribution in [2.45, 2.75) is 70.8 Å². The van der Waals surface area contributed by atoms with Crippen LogP contribution in [0.5, 0.6) is 0 Å². The van der Waals surface area contributed by atoms with Gasteiger partial charge in [0.2, 0.25) is 0 Å². The minimum Gasteiger partial charge on any atom is -0.450 e. The van der Waals surface area contributed by atoms with E-state index in [2.05, 4.69) is 6.92 Å². The van der Waals surface area contributed by atoms with E-state index in [0.717, 1.165) is 30.6 Å². The van der Waals surface area contributed by atoms with E-state index in [1.54, 1.807) is 0 Å². The molecule has 2 fully saturated rings. The third kappa shape index (κ3) is 3.63. The van der Waals surface area contributed by atoms with Gasteiger partial charge in [-0.05, 0) is 49.9 Å². The molecule has 2 saturated carbocycles. The Morgan fingerprint density at radius 2 is 1.89 bits per heavy atom. The standard InChI is InChI=1S/C15H26O3/c1-2-3-4-11-5-6-13-10-14(18-15(16)17)8-7-12(13)9-11/h11-14H,2-10H2,1H3,(H,16,17)/t11?,12-,13?,14-/m1/s1. The van der Waals surface area contributed by atoms with Crippen molar-refractivity contribution in [2.75, 3.05) is 0 Å². The fraction of sp³-hybridized carbons (Fsp3) is 0.933. The van der Waals surface area contributed by atoms with Crippen molar-refractivity contribution in [3.05, 3.63) is 0 Å². The summed E-state index contributed by atoms with van der Waals surface area (Å²) in [5.41, 5.74) is 0. The summed E-state index contributed by atoms with van der Waals surface area (Å²) in [5.74, 6) is 2.50. The van der Waals surface area contributed by atoms with E-state index in [0.29, 0.717) is 0 Å². The van der Waals surface area contributed by atoms with E-state index in [4.69, 9.17) is 9.84 Å². The van der Waals surface area contributed by atoms with Crippen molar-refractivity contribution in [3.63, 3.8) is 0 Å². The number of ether oxygens (including phenoxy) is 1. The molecule has 0 heterocycles. The van der Waals surface area contributed by atoms with Crippen molar-refractivity contribution >= 4 is 6.16 Å². The predicted octanol–water partition coefficient (Wildman–Crippen LogP) is 4.46. The molecular weight excluding hydrogens is 228 g/mol. The van der Waals surface area contributed by atoms with Crippen molar-refractivity contribution in [2.24, 2.45) is 17.8 Å². The van der Waals surface area contributed by atoms with Crippen LogP contribution in [-0.4, -0.2) is 17.4 Å². The van der Waals surface area contributed by atoms with Gasteiger partial charge in [-0.1, -0.05) is 32.6 Å². The van der Waals surface area contributed by atoms with E-state index in [-0.39, 0.29) is 6.10 Å². The highest BCUT2D eigenvalue weighted by atomic mass is 16.7. The Labute approximate surface area is 110 Å². The van der Waals surface area contributed by atoms with Gasteiger partial charge in [-0.15, -0.1) is 0 Å². The Kier molecular flexibility index (Phi) is 4.90. The zero-order chi connectivity index (χ0) is 13.0. The molecule has 2 unspecified atom stereocenters. The maximum Gasteiger partial charge on any atom is 0.506 e. The van der Waals surface area contributed by atoms with Gasteiger partial charge in [-0.3, -0.25) is 0 Å². The van der Waals surface area contributed by atoms with Crippen LogP contribution in [0.2, 0.25) is 0 Å². The topological polar surface area (TPSA) is 46.5 Å². The smallest absolute Gasteiger partial charge is 0.450 e. The monoisotopic (exact) mass is 254 g/mol. The second-order valence-electron chi connectivity index (χ2n) is 6.16. The summed E-state index contributed by atoms with van der Waals surface area (Å²) in [6.45, 7) is 2.26. The van der Waals surface area contributed by atoms with Gasteiger partial charge in [0.05, 0.1) is 0 Å². The SMILES string of the molecule is CCCCC1CCC2C[C@H](OC(=O)O)CC[C@@H]2C1. The Morgan fingerprint density at radius 1 is 1.17 bits per heavy atom. The predicted molar refractivity (Wildman–Crippen MR) is 70.6 cm³/mol. The van der Waals surface area contributed by atoms with Crippen LogP contribution in [0.1, 0.15) is 64.7 Å². The molecule has 18 heavy (non-hydrogen) atoms. The molecule has 0 aromatic rings. The van der Waals surface area contributed by atoms with E-state index in [1.165, 1.54) is 44.9 Å². The Morgan fingerprint density at radius 3 is 2.61 bits per heavy atom. The van der Waals surface area contributed by atoms with Crippen molar-refractivity contribution in [3.8, 4) is 0 Å². The number of carbonyl (C=O) groups is 1. The minimum absolute atomic E-state index is 0.0315. The first kappa shape index (κ1) is 13.7. The van der Waals surface area contributed by atoms with Crippen LogP contribution < -0.4 is 0 Å². The molecule has 3 nitrogen and oxygen atoms in total. The van der Waals surface area contributed by atoms with Crippen LogP contribution in [0, 0.1) is 17.8 Å². The van der Waals surface area contributed by atoms with Gasteiger partial charge in [-0.25, -0.2) is 4.79 Å². The molecule has 3 heteroatoms. The molecular formula is C15H26O3. The van der Waals surface area contributed by atoms with Gasteiger partial charge in [0, 0.05) is 0 Å². The van der Waals surface area contributed by atoms with Crippen LogP contribution >= 0.6 is 0 Å². The first-order chi connectivity index (χ1) is 8.69. The zero-order valence-corrected chi connectivity index (χ0v) is 11.4. The molecule has 0 aromatic carbocycles. The maximum absolute atomic E-state index is 10.6. The molecule has 0 amide bonds. The van der Waals surface area contributed by atoms with Gasteiger partial charge in [0.15, 0.2) is 0 Å². The molecule has 0 aromatic heterocycles. The molecule has 1 N–H and O–H groups in total. The summed E-state index contributed by atoms with van der Waals surface area (Å²) in [5, 5.41) is 8.68. The maximum atomic E-state index is 10.6. The summed E-state index contributed by atoms with van der Waals surface area (Å²) in [4.78, 5) is 10.6. The third-order valence-electron chi connectivity index (χ3n) is 4.91. The van der Waals surface area contributed by atoms with Crippen LogP contribution in [0.3, 0.4) is 0 Å². The van der Waals surface area contributed by atoms with Crippen LogP contribution in [0.15, 0.2) is 0 Å². The quantitative estimate of drug-likeness (QED) is 0.753. The molecule has 2 rings (SSSR count). The highest BCUT2D eigenvalue weighted by Crippen LogP contribution is 2.44. The number of unbranched alkanes of at least 4 members (excludes halogenated alkanes) is 1. The number of fused-ring (bicyclic) bond motifs is 1. The van der Waals surface area contributed by atoms with Crippen LogP contribution in [0.25, 0.3) is 0 Å². The van der Waals surface area contributed by atoms with Gasteiger partial charge in [-0.2, -0.15) is 0 Å². The molecule has 0 bridgehead atoms. The van der Waals surface area contributed by atoms with Gasteiger partial charge >= 0.3 is 6.16 Å². The molecule has 0 spiro atoms. The number of rotatable bonds is 4. The fourth-order valence-electron chi connectivity index (χ4n) is 3.95. The molecule has 0 aliphatic heterocycles. The van der Waals surface area contributed by atoms with E-state index < -0.39 is 6.16 Å². The average Bonchev–Trinajstić information content (AvgIpc) is 2.35. The second-order valence-corrected chi connectivity index (χ2v) is 6.16. The van der Waals surface area contributed by atoms with Crippen LogP contribution in [-0.2, 0) is 4.74 Å². The van der Waals surface area contributed by atoms with Gasteiger partial charge < -0.3 is 9.84 Å². The molecule has 0 radical (unpaired) electrons. The highest BCUT2D eigenvalue weighted by Gasteiger charge is 2.36. The first-order valence-electron chi connectivity index (χ1n) is 7.58. The molecule has 2 aliphatic carbocycles. The van der Waals surface area contributed by atoms with E-state index in [9.17, 15) is 4.79 Å². The summed E-state index contributed by atoms with van der Waals surface area (Å²) >= 11 is 0. The number of hydrogen-bond donors (Lipinski definition) is 1. The van der Waals surface area contributed by atoms with Crippen molar-refractivity contribution < 1.29 is 14.6 Å². The Balaban J connectivity index is 1.78. The number of carboxylic acid groups (broad SMARTS) is 1. The molecule has 104 valence electrons. The van der Waals surface area contributed by atoms with Crippen LogP contribution in [0.4, 0.5) is 4.79 Å². The lowest BCUT2D eigenvalue weighted by Gasteiger charge is -2.41. The van der Waals surface area contributed by atoms with Crippen molar-refractivity contribution in [1.82, 2.24) is 0 Å². The lowest BCUT2D eigenvalue weighted by atomic mass is 9.66. The number of hydrogen-bond acceptors (Lipinski definition) is 2. The van der Waals surface area contributed by atoms with Crippen molar-refractivity contribution in [1.29, 1.82) is 0 Å². The molecule has 0 saturated heterocycles. The second kappa shape index (κ2) is 6.44. The summed E-state index contributed by atoms with van der Waals surface area (Å²) in [6.07, 6.45) is 10.0. The summed E-state index contributed by atoms with van der Waals surface area (Å²) < 4.78 is 4.95. The Bertz CT molecular complexity index is 277. The van der Waals surface area contributed by atoms with E-state index >= 15 is 0 Å². The van der Waals surface area contributed by atoms with Gasteiger partial charge in [0.25, 0.3) is 0 Å². The lowest BCUT2D eigenvalue weighted by molar-refractivity contribution is -0.00412. The third-order valence-corrected chi connectivity index (χ3v) is 4.91. The van der Waals surface area contributed by atoms with Gasteiger partial charge in [0.1, 0.15) is 6.10 Å². The largest absolute Gasteiger partial charge is 0.506 e. The zero-order valence-electron chi connectivity index (χ0n) is 11.4. The normalized spacial score (nSPS) is 35.8. The highest BCUT2D eigenvalue weighted by molar-refractivity contribution is 5.57. The van der Waals surface area contributed by atoms with E-state index in [1.807, 2.05) is 0 Å². The lowest BCUT2D eigenvalue weighted by Crippen LogP contribution is -2.35. The molecule has 2 aliphatic rings. The fourth-order valence-corrected chi connectivity index (χ4v) is 3.95. The molecule has 4 atom stereocenters. The Hall–Kier alpha value is -0.730.